The minimum Gasteiger partial charge on any atom is -0.331 e. The summed E-state index contributed by atoms with van der Waals surface area (Å²) in [4.78, 5) is 0. The second-order valence-electron chi connectivity index (χ2n) is 8.28. The quantitative estimate of drug-likeness (QED) is 0.168. The van der Waals surface area contributed by atoms with E-state index in [1.54, 1.807) is 26.4 Å². The third-order valence-corrected chi connectivity index (χ3v) is 5.98. The van der Waals surface area contributed by atoms with Crippen LogP contribution in [0.5, 0.6) is 0 Å². The van der Waals surface area contributed by atoms with Gasteiger partial charge in [0.15, 0.2) is 0 Å². The molecule has 0 amide bonds. The van der Waals surface area contributed by atoms with Crippen LogP contribution in [-0.2, 0) is 20.6 Å². The first kappa shape index (κ1) is 27.1. The van der Waals surface area contributed by atoms with Crippen molar-refractivity contribution in [1.82, 2.24) is 0 Å². The third-order valence-electron chi connectivity index (χ3n) is 5.98. The molecule has 0 radical (unpaired) electrons. The van der Waals surface area contributed by atoms with Gasteiger partial charge in [0.05, 0.1) is 0 Å². The molecule has 1 aromatic rings. The van der Waals surface area contributed by atoms with Gasteiger partial charge in [-0.05, 0) is 50.3 Å². The van der Waals surface area contributed by atoms with E-state index in [2.05, 4.69) is 6.92 Å². The zero-order chi connectivity index (χ0) is 22.1. The average Bonchev–Trinajstić information content (AvgIpc) is 2.75. The summed E-state index contributed by atoms with van der Waals surface area (Å²) in [5, 5.41) is 0. The maximum Gasteiger partial charge on any atom is 0.285 e. The Bertz CT molecular complexity index is 531. The van der Waals surface area contributed by atoms with E-state index in [-0.39, 0.29) is 11.7 Å². The summed E-state index contributed by atoms with van der Waals surface area (Å²) in [6, 6.07) is 6.95. The zero-order valence-corrected chi connectivity index (χ0v) is 19.9. The Labute approximate surface area is 184 Å². The average molecular weight is 425 g/mol. The summed E-state index contributed by atoms with van der Waals surface area (Å²) in [5.41, 5.74) is 1.09. The number of methoxy groups -OCH3 is 2. The van der Waals surface area contributed by atoms with Crippen molar-refractivity contribution in [3.63, 3.8) is 0 Å². The number of rotatable bonds is 19. The van der Waals surface area contributed by atoms with E-state index in [0.717, 1.165) is 50.5 Å². The molecule has 0 N–H and O–H groups in total. The van der Waals surface area contributed by atoms with Crippen molar-refractivity contribution in [3.8, 4) is 0 Å². The number of hydrogen-bond acceptors (Lipinski definition) is 3. The van der Waals surface area contributed by atoms with Crippen LogP contribution in [0.4, 0.5) is 4.39 Å². The van der Waals surface area contributed by atoms with Crippen molar-refractivity contribution >= 4 is 0 Å². The van der Waals surface area contributed by atoms with Crippen LogP contribution >= 0.6 is 0 Å². The fourth-order valence-corrected chi connectivity index (χ4v) is 4.29. The minimum atomic E-state index is -0.931. The van der Waals surface area contributed by atoms with Crippen molar-refractivity contribution in [2.75, 3.05) is 20.8 Å². The van der Waals surface area contributed by atoms with Crippen LogP contribution in [-0.4, -0.2) is 26.8 Å². The minimum absolute atomic E-state index is 0.142. The van der Waals surface area contributed by atoms with Crippen molar-refractivity contribution in [2.24, 2.45) is 5.92 Å². The summed E-state index contributed by atoms with van der Waals surface area (Å²) in [7, 11) is 3.37. The highest BCUT2D eigenvalue weighted by molar-refractivity contribution is 5.16. The van der Waals surface area contributed by atoms with Gasteiger partial charge in [0.2, 0.25) is 0 Å². The van der Waals surface area contributed by atoms with Gasteiger partial charge < -0.3 is 14.2 Å². The fraction of sp³-hybridized carbons (Fsp3) is 0.769. The topological polar surface area (TPSA) is 27.7 Å². The molecule has 3 nitrogen and oxygen atoms in total. The molecule has 0 aliphatic rings. The van der Waals surface area contributed by atoms with Gasteiger partial charge in [-0.3, -0.25) is 0 Å². The summed E-state index contributed by atoms with van der Waals surface area (Å²) in [5.74, 6) is -0.835. The summed E-state index contributed by atoms with van der Waals surface area (Å²) in [6.07, 6.45) is 15.3. The monoisotopic (exact) mass is 424 g/mol. The normalized spacial score (nSPS) is 13.0. The van der Waals surface area contributed by atoms with Crippen LogP contribution in [0.25, 0.3) is 0 Å². The van der Waals surface area contributed by atoms with E-state index >= 15 is 0 Å². The highest BCUT2D eigenvalue weighted by Crippen LogP contribution is 2.33. The number of benzene rings is 1. The Morgan fingerprint density at radius 2 is 1.43 bits per heavy atom. The van der Waals surface area contributed by atoms with Crippen molar-refractivity contribution in [3.05, 3.63) is 35.6 Å². The Morgan fingerprint density at radius 1 is 0.833 bits per heavy atom. The van der Waals surface area contributed by atoms with E-state index < -0.39 is 5.97 Å². The van der Waals surface area contributed by atoms with Gasteiger partial charge in [-0.2, -0.15) is 0 Å². The highest BCUT2D eigenvalue weighted by atomic mass is 19.1. The van der Waals surface area contributed by atoms with Gasteiger partial charge in [-0.25, -0.2) is 4.39 Å². The van der Waals surface area contributed by atoms with Gasteiger partial charge in [0, 0.05) is 26.7 Å². The molecule has 30 heavy (non-hydrogen) atoms. The molecule has 4 heteroatoms. The molecular formula is C26H45FO3. The lowest BCUT2D eigenvalue weighted by Gasteiger charge is -2.37. The van der Waals surface area contributed by atoms with Crippen LogP contribution in [0.3, 0.4) is 0 Å². The van der Waals surface area contributed by atoms with Crippen molar-refractivity contribution in [1.29, 1.82) is 0 Å². The van der Waals surface area contributed by atoms with E-state index in [0.29, 0.717) is 6.61 Å². The fourth-order valence-electron chi connectivity index (χ4n) is 4.29. The Kier molecular flexibility index (Phi) is 15.1. The highest BCUT2D eigenvalue weighted by Gasteiger charge is 2.39. The lowest BCUT2D eigenvalue weighted by Crippen LogP contribution is -2.45. The molecule has 0 saturated heterocycles. The SMILES string of the molecule is CCCCCCCCC(CCCCCCc1cccc(F)c1)C(OC)(OC)OCC. The maximum absolute atomic E-state index is 13.3. The number of unbranched alkanes of at least 4 members (excludes halogenated alkanes) is 8. The summed E-state index contributed by atoms with van der Waals surface area (Å²) < 4.78 is 30.7. The first-order chi connectivity index (χ1) is 14.6. The maximum atomic E-state index is 13.3. The van der Waals surface area contributed by atoms with E-state index in [9.17, 15) is 4.39 Å². The van der Waals surface area contributed by atoms with E-state index in [1.807, 2.05) is 13.0 Å². The van der Waals surface area contributed by atoms with Crippen molar-refractivity contribution < 1.29 is 18.6 Å². The zero-order valence-electron chi connectivity index (χ0n) is 19.9. The van der Waals surface area contributed by atoms with Crippen LogP contribution < -0.4 is 0 Å². The van der Waals surface area contributed by atoms with Crippen LogP contribution in [0.1, 0.15) is 96.5 Å². The van der Waals surface area contributed by atoms with Gasteiger partial charge in [0.25, 0.3) is 5.97 Å². The molecule has 174 valence electrons. The number of aryl methyl sites for hydroxylation is 1. The predicted molar refractivity (Wildman–Crippen MR) is 123 cm³/mol. The molecule has 1 atom stereocenters. The van der Waals surface area contributed by atoms with Crippen LogP contribution in [0.15, 0.2) is 24.3 Å². The lowest BCUT2D eigenvalue weighted by atomic mass is 9.91. The molecule has 1 aromatic carbocycles. The molecule has 0 saturated carbocycles. The molecule has 0 aliphatic heterocycles. The second-order valence-corrected chi connectivity index (χ2v) is 8.28. The van der Waals surface area contributed by atoms with Crippen LogP contribution in [0, 0.1) is 11.7 Å². The molecule has 0 fully saturated rings. The predicted octanol–water partition coefficient (Wildman–Crippen LogP) is 7.67. The van der Waals surface area contributed by atoms with Gasteiger partial charge in [-0.15, -0.1) is 0 Å². The first-order valence-electron chi connectivity index (χ1n) is 12.1. The largest absolute Gasteiger partial charge is 0.331 e. The number of halogens is 1. The molecule has 0 bridgehead atoms. The molecular weight excluding hydrogens is 379 g/mol. The summed E-state index contributed by atoms with van der Waals surface area (Å²) in [6.45, 7) is 4.81. The number of hydrogen-bond donors (Lipinski definition) is 0. The van der Waals surface area contributed by atoms with Gasteiger partial charge in [0.1, 0.15) is 5.82 Å². The van der Waals surface area contributed by atoms with E-state index in [1.165, 1.54) is 44.6 Å². The van der Waals surface area contributed by atoms with Crippen molar-refractivity contribution in [2.45, 2.75) is 103 Å². The van der Waals surface area contributed by atoms with Gasteiger partial charge >= 0.3 is 0 Å². The Balaban J connectivity index is 2.43. The number of ether oxygens (including phenoxy) is 3. The van der Waals surface area contributed by atoms with Gasteiger partial charge in [-0.1, -0.05) is 76.8 Å². The first-order valence-corrected chi connectivity index (χ1v) is 12.1. The second kappa shape index (κ2) is 16.7. The molecule has 1 rings (SSSR count). The Hall–Kier alpha value is -0.970. The van der Waals surface area contributed by atoms with E-state index in [4.69, 9.17) is 14.2 Å². The molecule has 1 unspecified atom stereocenters. The molecule has 0 spiro atoms. The molecule has 0 aliphatic carbocycles. The lowest BCUT2D eigenvalue weighted by molar-refractivity contribution is -0.388. The molecule has 0 aromatic heterocycles. The Morgan fingerprint density at radius 3 is 2.00 bits per heavy atom. The molecule has 0 heterocycles. The third kappa shape index (κ3) is 10.4. The summed E-state index contributed by atoms with van der Waals surface area (Å²) >= 11 is 0. The smallest absolute Gasteiger partial charge is 0.285 e. The van der Waals surface area contributed by atoms with Crippen LogP contribution in [0.2, 0.25) is 0 Å². The standard InChI is InChI=1S/C26H45FO3/c1-5-7-8-9-10-14-19-24(26(28-3,29-4)30-6-2)20-15-12-11-13-17-23-18-16-21-25(27)22-23/h16,18,21-22,24H,5-15,17,19-20H2,1-4H3.